The van der Waals surface area contributed by atoms with Crippen molar-refractivity contribution in [1.82, 2.24) is 4.98 Å². The minimum atomic E-state index is -0.214. The summed E-state index contributed by atoms with van der Waals surface area (Å²) in [5, 5.41) is 20.8. The average Bonchev–Trinajstić information content (AvgIpc) is 2.50. The molecule has 1 N–H and O–H groups in total. The van der Waals surface area contributed by atoms with Crippen LogP contribution in [0.4, 0.5) is 5.69 Å². The van der Waals surface area contributed by atoms with Gasteiger partial charge in [-0.3, -0.25) is 10.4 Å². The summed E-state index contributed by atoms with van der Waals surface area (Å²) in [7, 11) is 0. The molecule has 1 heterocycles. The quantitative estimate of drug-likeness (QED) is 0.667. The first kappa shape index (κ1) is 12.3. The zero-order valence-electron chi connectivity index (χ0n) is 9.91. The van der Waals surface area contributed by atoms with Crippen molar-refractivity contribution in [3.05, 3.63) is 48.7 Å². The molecular formula is C14H9N5. The molecule has 0 fully saturated rings. The second-order valence-corrected chi connectivity index (χ2v) is 3.59. The molecule has 1 aromatic heterocycles. The Balaban J connectivity index is 2.15. The summed E-state index contributed by atoms with van der Waals surface area (Å²) in [4.78, 5) is 4.25. The Morgan fingerprint density at radius 1 is 1.05 bits per heavy atom. The lowest BCUT2D eigenvalue weighted by atomic mass is 10.1. The van der Waals surface area contributed by atoms with Gasteiger partial charge in [-0.15, -0.1) is 0 Å². The summed E-state index contributed by atoms with van der Waals surface area (Å²) < 4.78 is 0. The number of aromatic nitrogens is 1. The summed E-state index contributed by atoms with van der Waals surface area (Å²) in [5.41, 5.74) is 4.99. The van der Waals surface area contributed by atoms with E-state index in [-0.39, 0.29) is 5.71 Å². The fourth-order valence-corrected chi connectivity index (χ4v) is 1.44. The number of nitriles is 2. The van der Waals surface area contributed by atoms with Gasteiger partial charge in [-0.1, -0.05) is 18.2 Å². The van der Waals surface area contributed by atoms with E-state index in [1.54, 1.807) is 30.5 Å². The lowest BCUT2D eigenvalue weighted by molar-refractivity contribution is 1.31. The number of hydrazone groups is 1. The van der Waals surface area contributed by atoms with Crippen molar-refractivity contribution in [3.8, 4) is 23.4 Å². The molecule has 2 rings (SSSR count). The SMILES string of the molecule is N#CC(C#N)=NNc1ccc(-c2ccccn2)cc1. The van der Waals surface area contributed by atoms with Crippen molar-refractivity contribution in [1.29, 1.82) is 10.5 Å². The van der Waals surface area contributed by atoms with Gasteiger partial charge in [-0.25, -0.2) is 0 Å². The van der Waals surface area contributed by atoms with Crippen LogP contribution in [-0.2, 0) is 0 Å². The van der Waals surface area contributed by atoms with E-state index in [9.17, 15) is 0 Å². The van der Waals surface area contributed by atoms with E-state index in [4.69, 9.17) is 10.5 Å². The van der Waals surface area contributed by atoms with Crippen LogP contribution in [-0.4, -0.2) is 10.7 Å². The Labute approximate surface area is 110 Å². The Morgan fingerprint density at radius 2 is 1.79 bits per heavy atom. The number of hydrogen-bond acceptors (Lipinski definition) is 5. The summed E-state index contributed by atoms with van der Waals surface area (Å²) in [6.45, 7) is 0. The smallest absolute Gasteiger partial charge is 0.237 e. The predicted octanol–water partition coefficient (Wildman–Crippen LogP) is 2.56. The van der Waals surface area contributed by atoms with Gasteiger partial charge < -0.3 is 0 Å². The van der Waals surface area contributed by atoms with Crippen LogP contribution in [0.25, 0.3) is 11.3 Å². The predicted molar refractivity (Wildman–Crippen MR) is 72.0 cm³/mol. The monoisotopic (exact) mass is 247 g/mol. The highest BCUT2D eigenvalue weighted by Crippen LogP contribution is 2.18. The number of nitrogens with one attached hydrogen (secondary N) is 1. The van der Waals surface area contributed by atoms with Crippen LogP contribution in [0.2, 0.25) is 0 Å². The second-order valence-electron chi connectivity index (χ2n) is 3.59. The Hall–Kier alpha value is -3.18. The molecule has 0 aliphatic carbocycles. The summed E-state index contributed by atoms with van der Waals surface area (Å²) in [5.74, 6) is 0. The van der Waals surface area contributed by atoms with E-state index >= 15 is 0 Å². The molecule has 1 aromatic carbocycles. The average molecular weight is 247 g/mol. The normalized spacial score (nSPS) is 8.95. The minimum Gasteiger partial charge on any atom is -0.277 e. The largest absolute Gasteiger partial charge is 0.277 e. The molecule has 0 atom stereocenters. The number of benzene rings is 1. The van der Waals surface area contributed by atoms with Crippen LogP contribution < -0.4 is 5.43 Å². The van der Waals surface area contributed by atoms with Crippen molar-refractivity contribution in [3.63, 3.8) is 0 Å². The van der Waals surface area contributed by atoms with Crippen molar-refractivity contribution in [2.24, 2.45) is 5.10 Å². The first-order valence-corrected chi connectivity index (χ1v) is 5.49. The molecule has 5 heteroatoms. The fraction of sp³-hybridized carbons (Fsp3) is 0. The highest BCUT2D eigenvalue weighted by molar-refractivity contribution is 6.10. The standard InChI is InChI=1S/C14H9N5/c15-9-13(10-16)19-18-12-6-4-11(5-7-12)14-3-1-2-8-17-14/h1-8,18H. The van der Waals surface area contributed by atoms with Gasteiger partial charge >= 0.3 is 0 Å². The topological polar surface area (TPSA) is 84.9 Å². The van der Waals surface area contributed by atoms with E-state index < -0.39 is 0 Å². The number of anilines is 1. The maximum Gasteiger partial charge on any atom is 0.237 e. The van der Waals surface area contributed by atoms with Crippen LogP contribution in [0.5, 0.6) is 0 Å². The summed E-state index contributed by atoms with van der Waals surface area (Å²) >= 11 is 0. The van der Waals surface area contributed by atoms with Gasteiger partial charge in [0.05, 0.1) is 11.4 Å². The van der Waals surface area contributed by atoms with Crippen molar-refractivity contribution in [2.45, 2.75) is 0 Å². The van der Waals surface area contributed by atoms with Crippen molar-refractivity contribution in [2.75, 3.05) is 5.43 Å². The maximum absolute atomic E-state index is 8.55. The Morgan fingerprint density at radius 3 is 2.37 bits per heavy atom. The van der Waals surface area contributed by atoms with E-state index in [0.717, 1.165) is 11.3 Å². The Bertz CT molecular complexity index is 644. The zero-order chi connectivity index (χ0) is 13.5. The minimum absolute atomic E-state index is 0.214. The van der Waals surface area contributed by atoms with Gasteiger partial charge in [0.1, 0.15) is 12.1 Å². The van der Waals surface area contributed by atoms with Gasteiger partial charge in [-0.05, 0) is 24.3 Å². The molecular weight excluding hydrogens is 238 g/mol. The van der Waals surface area contributed by atoms with Crippen LogP contribution in [0.15, 0.2) is 53.8 Å². The second kappa shape index (κ2) is 5.95. The molecule has 0 aliphatic heterocycles. The highest BCUT2D eigenvalue weighted by atomic mass is 15.3. The van der Waals surface area contributed by atoms with Crippen molar-refractivity contribution >= 4 is 11.4 Å². The number of hydrogen-bond donors (Lipinski definition) is 1. The van der Waals surface area contributed by atoms with Gasteiger partial charge in [0.2, 0.25) is 5.71 Å². The van der Waals surface area contributed by atoms with Gasteiger partial charge in [0.15, 0.2) is 0 Å². The molecule has 0 amide bonds. The molecule has 5 nitrogen and oxygen atoms in total. The molecule has 0 bridgehead atoms. The molecule has 2 aromatic rings. The molecule has 0 radical (unpaired) electrons. The lowest BCUT2D eigenvalue weighted by Crippen LogP contribution is -1.96. The molecule has 0 aliphatic rings. The molecule has 90 valence electrons. The zero-order valence-corrected chi connectivity index (χ0v) is 9.91. The van der Waals surface area contributed by atoms with Crippen LogP contribution >= 0.6 is 0 Å². The maximum atomic E-state index is 8.55. The lowest BCUT2D eigenvalue weighted by Gasteiger charge is -2.02. The molecule has 0 spiro atoms. The van der Waals surface area contributed by atoms with Crippen LogP contribution in [0.1, 0.15) is 0 Å². The molecule has 19 heavy (non-hydrogen) atoms. The first-order valence-electron chi connectivity index (χ1n) is 5.49. The fourth-order valence-electron chi connectivity index (χ4n) is 1.44. The third-order valence-corrected chi connectivity index (χ3v) is 2.35. The van der Waals surface area contributed by atoms with Crippen LogP contribution in [0.3, 0.4) is 0 Å². The number of pyridine rings is 1. The van der Waals surface area contributed by atoms with E-state index in [1.807, 2.05) is 30.3 Å². The third-order valence-electron chi connectivity index (χ3n) is 2.35. The molecule has 0 unspecified atom stereocenters. The number of rotatable bonds is 3. The van der Waals surface area contributed by atoms with Gasteiger partial charge in [-0.2, -0.15) is 15.6 Å². The van der Waals surface area contributed by atoms with E-state index in [0.29, 0.717) is 5.69 Å². The molecule has 0 saturated carbocycles. The summed E-state index contributed by atoms with van der Waals surface area (Å²) in [6.07, 6.45) is 1.73. The number of nitrogens with zero attached hydrogens (tertiary/aromatic N) is 4. The third kappa shape index (κ3) is 3.15. The Kier molecular flexibility index (Phi) is 3.84. The molecule has 0 saturated heterocycles. The van der Waals surface area contributed by atoms with Gasteiger partial charge in [0.25, 0.3) is 0 Å². The summed E-state index contributed by atoms with van der Waals surface area (Å²) in [6, 6.07) is 16.4. The first-order chi connectivity index (χ1) is 9.33. The van der Waals surface area contributed by atoms with E-state index in [1.165, 1.54) is 0 Å². The van der Waals surface area contributed by atoms with E-state index in [2.05, 4.69) is 15.5 Å². The highest BCUT2D eigenvalue weighted by Gasteiger charge is 1.98. The van der Waals surface area contributed by atoms with Crippen molar-refractivity contribution < 1.29 is 0 Å². The van der Waals surface area contributed by atoms with Crippen LogP contribution in [0, 0.1) is 22.7 Å². The van der Waals surface area contributed by atoms with Gasteiger partial charge in [0, 0.05) is 11.8 Å².